The minimum Gasteiger partial charge on any atom is -0.465 e. The third-order valence-corrected chi connectivity index (χ3v) is 3.73. The molecule has 0 radical (unpaired) electrons. The number of amides is 1. The molecule has 0 aliphatic heterocycles. The molecule has 6 heteroatoms. The van der Waals surface area contributed by atoms with Crippen LogP contribution >= 0.6 is 11.6 Å². The van der Waals surface area contributed by atoms with E-state index in [4.69, 9.17) is 16.3 Å². The van der Waals surface area contributed by atoms with Crippen LogP contribution in [0.2, 0.25) is 5.02 Å². The highest BCUT2D eigenvalue weighted by atomic mass is 35.5. The molecule has 2 aromatic rings. The minimum atomic E-state index is -0.465. The van der Waals surface area contributed by atoms with Gasteiger partial charge in [0.15, 0.2) is 0 Å². The highest BCUT2D eigenvalue weighted by Gasteiger charge is 2.22. The number of aryl methyl sites for hydroxylation is 2. The Morgan fingerprint density at radius 3 is 2.50 bits per heavy atom. The zero-order chi connectivity index (χ0) is 16.4. The average molecular weight is 321 g/mol. The van der Waals surface area contributed by atoms with E-state index in [0.29, 0.717) is 33.2 Å². The summed E-state index contributed by atoms with van der Waals surface area (Å²) in [5.41, 5.74) is 3.42. The standard InChI is InChI=1S/C16H17ClN2O3/c1-8-7-11(17)5-6-12(8)19-15(20)14-9(2)13(10(3)18-14)16(21)22-4/h5-7,18H,1-4H3,(H,19,20). The van der Waals surface area contributed by atoms with Gasteiger partial charge in [0.1, 0.15) is 5.69 Å². The molecule has 1 heterocycles. The van der Waals surface area contributed by atoms with Crippen LogP contribution in [-0.4, -0.2) is 24.0 Å². The number of anilines is 1. The number of H-pyrrole nitrogens is 1. The number of rotatable bonds is 3. The molecule has 0 atom stereocenters. The first-order chi connectivity index (χ1) is 10.3. The van der Waals surface area contributed by atoms with E-state index < -0.39 is 5.97 Å². The summed E-state index contributed by atoms with van der Waals surface area (Å²) in [6, 6.07) is 5.21. The van der Waals surface area contributed by atoms with Crippen LogP contribution < -0.4 is 5.32 Å². The fourth-order valence-electron chi connectivity index (χ4n) is 2.34. The Morgan fingerprint density at radius 2 is 1.91 bits per heavy atom. The quantitative estimate of drug-likeness (QED) is 0.848. The SMILES string of the molecule is COC(=O)c1c(C)[nH]c(C(=O)Nc2ccc(Cl)cc2C)c1C. The summed E-state index contributed by atoms with van der Waals surface area (Å²) in [5, 5.41) is 3.42. The average Bonchev–Trinajstić information content (AvgIpc) is 2.76. The lowest BCUT2D eigenvalue weighted by atomic mass is 10.1. The summed E-state index contributed by atoms with van der Waals surface area (Å²) < 4.78 is 4.74. The van der Waals surface area contributed by atoms with Crippen molar-refractivity contribution in [2.75, 3.05) is 12.4 Å². The molecule has 0 unspecified atom stereocenters. The zero-order valence-corrected chi connectivity index (χ0v) is 13.6. The van der Waals surface area contributed by atoms with Crippen LogP contribution in [0.4, 0.5) is 5.69 Å². The molecular weight excluding hydrogens is 304 g/mol. The number of aromatic amines is 1. The fraction of sp³-hybridized carbons (Fsp3) is 0.250. The number of esters is 1. The van der Waals surface area contributed by atoms with Crippen LogP contribution in [0.25, 0.3) is 0 Å². The predicted octanol–water partition coefficient (Wildman–Crippen LogP) is 3.63. The first kappa shape index (κ1) is 16.1. The van der Waals surface area contributed by atoms with Crippen LogP contribution in [0, 0.1) is 20.8 Å². The number of aromatic nitrogens is 1. The molecule has 2 N–H and O–H groups in total. The maximum atomic E-state index is 12.4. The van der Waals surface area contributed by atoms with Crippen molar-refractivity contribution in [3.63, 3.8) is 0 Å². The van der Waals surface area contributed by atoms with Gasteiger partial charge in [-0.1, -0.05) is 11.6 Å². The first-order valence-electron chi connectivity index (χ1n) is 6.70. The lowest BCUT2D eigenvalue weighted by Gasteiger charge is -2.08. The summed E-state index contributed by atoms with van der Waals surface area (Å²) in [6.07, 6.45) is 0. The van der Waals surface area contributed by atoms with E-state index in [1.54, 1.807) is 32.0 Å². The van der Waals surface area contributed by atoms with E-state index in [1.807, 2.05) is 6.92 Å². The number of methoxy groups -OCH3 is 1. The third kappa shape index (κ3) is 2.99. The van der Waals surface area contributed by atoms with Crippen molar-refractivity contribution in [2.45, 2.75) is 20.8 Å². The number of carbonyl (C=O) groups excluding carboxylic acids is 2. The second kappa shape index (κ2) is 6.23. The van der Waals surface area contributed by atoms with Crippen molar-refractivity contribution in [3.05, 3.63) is 51.3 Å². The Morgan fingerprint density at radius 1 is 1.23 bits per heavy atom. The number of hydrogen-bond donors (Lipinski definition) is 2. The van der Waals surface area contributed by atoms with Crippen LogP contribution in [0.3, 0.4) is 0 Å². The Kier molecular flexibility index (Phi) is 4.56. The molecule has 1 amide bonds. The van der Waals surface area contributed by atoms with E-state index in [9.17, 15) is 9.59 Å². The summed E-state index contributed by atoms with van der Waals surface area (Å²) in [5.74, 6) is -0.783. The normalized spacial score (nSPS) is 10.4. The van der Waals surface area contributed by atoms with E-state index in [1.165, 1.54) is 7.11 Å². The van der Waals surface area contributed by atoms with Gasteiger partial charge in [0.05, 0.1) is 12.7 Å². The molecule has 2 rings (SSSR count). The fourth-order valence-corrected chi connectivity index (χ4v) is 2.56. The van der Waals surface area contributed by atoms with Gasteiger partial charge in [0, 0.05) is 16.4 Å². The van der Waals surface area contributed by atoms with Gasteiger partial charge in [0.25, 0.3) is 5.91 Å². The second-order valence-electron chi connectivity index (χ2n) is 5.03. The molecule has 116 valence electrons. The van der Waals surface area contributed by atoms with Gasteiger partial charge in [-0.2, -0.15) is 0 Å². The van der Waals surface area contributed by atoms with Gasteiger partial charge in [-0.15, -0.1) is 0 Å². The molecule has 0 aliphatic rings. The summed E-state index contributed by atoms with van der Waals surface area (Å²) in [4.78, 5) is 27.1. The second-order valence-corrected chi connectivity index (χ2v) is 5.47. The van der Waals surface area contributed by atoms with Gasteiger partial charge < -0.3 is 15.0 Å². The molecule has 0 saturated carbocycles. The Labute approximate surface area is 133 Å². The third-order valence-electron chi connectivity index (χ3n) is 3.49. The van der Waals surface area contributed by atoms with Crippen LogP contribution in [-0.2, 0) is 4.74 Å². The van der Waals surface area contributed by atoms with E-state index >= 15 is 0 Å². The highest BCUT2D eigenvalue weighted by Crippen LogP contribution is 2.23. The van der Waals surface area contributed by atoms with Gasteiger partial charge in [-0.3, -0.25) is 4.79 Å². The van der Waals surface area contributed by atoms with Gasteiger partial charge in [-0.05, 0) is 50.1 Å². The number of ether oxygens (including phenoxy) is 1. The van der Waals surface area contributed by atoms with Crippen molar-refractivity contribution >= 4 is 29.2 Å². The van der Waals surface area contributed by atoms with E-state index in [0.717, 1.165) is 5.56 Å². The molecule has 0 fully saturated rings. The van der Waals surface area contributed by atoms with Gasteiger partial charge in [0.2, 0.25) is 0 Å². The monoisotopic (exact) mass is 320 g/mol. The molecule has 0 aliphatic carbocycles. The van der Waals surface area contributed by atoms with E-state index in [2.05, 4.69) is 10.3 Å². The molecule has 0 spiro atoms. The van der Waals surface area contributed by atoms with Gasteiger partial charge >= 0.3 is 5.97 Å². The smallest absolute Gasteiger partial charge is 0.339 e. The molecule has 1 aromatic heterocycles. The van der Waals surface area contributed by atoms with Crippen molar-refractivity contribution < 1.29 is 14.3 Å². The molecule has 5 nitrogen and oxygen atoms in total. The van der Waals surface area contributed by atoms with Crippen molar-refractivity contribution in [1.29, 1.82) is 0 Å². The number of carbonyl (C=O) groups is 2. The zero-order valence-electron chi connectivity index (χ0n) is 12.8. The van der Waals surface area contributed by atoms with Crippen molar-refractivity contribution in [2.24, 2.45) is 0 Å². The summed E-state index contributed by atoms with van der Waals surface area (Å²) >= 11 is 5.90. The Balaban J connectivity index is 2.32. The molecule has 0 bridgehead atoms. The lowest BCUT2D eigenvalue weighted by molar-refractivity contribution is 0.0599. The maximum Gasteiger partial charge on any atom is 0.339 e. The molecule has 0 saturated heterocycles. The molecular formula is C16H17ClN2O3. The summed E-state index contributed by atoms with van der Waals surface area (Å²) in [7, 11) is 1.31. The van der Waals surface area contributed by atoms with E-state index in [-0.39, 0.29) is 5.91 Å². The van der Waals surface area contributed by atoms with Gasteiger partial charge in [-0.25, -0.2) is 4.79 Å². The number of benzene rings is 1. The predicted molar refractivity (Wildman–Crippen MR) is 85.7 cm³/mol. The number of nitrogens with one attached hydrogen (secondary N) is 2. The maximum absolute atomic E-state index is 12.4. The van der Waals surface area contributed by atoms with Crippen molar-refractivity contribution in [3.8, 4) is 0 Å². The largest absolute Gasteiger partial charge is 0.465 e. The lowest BCUT2D eigenvalue weighted by Crippen LogP contribution is -2.14. The molecule has 1 aromatic carbocycles. The van der Waals surface area contributed by atoms with Crippen LogP contribution in [0.15, 0.2) is 18.2 Å². The van der Waals surface area contributed by atoms with Crippen LogP contribution in [0.1, 0.15) is 37.7 Å². The van der Waals surface area contributed by atoms with Crippen LogP contribution in [0.5, 0.6) is 0 Å². The summed E-state index contributed by atoms with van der Waals surface area (Å²) in [6.45, 7) is 5.29. The molecule has 22 heavy (non-hydrogen) atoms. The topological polar surface area (TPSA) is 71.2 Å². The van der Waals surface area contributed by atoms with Crippen molar-refractivity contribution in [1.82, 2.24) is 4.98 Å². The number of halogens is 1. The highest BCUT2D eigenvalue weighted by molar-refractivity contribution is 6.30. The Hall–Kier alpha value is -2.27. The minimum absolute atomic E-state index is 0.318. The first-order valence-corrected chi connectivity index (χ1v) is 7.08. The number of hydrogen-bond acceptors (Lipinski definition) is 3. The Bertz CT molecular complexity index is 750.